The van der Waals surface area contributed by atoms with Crippen molar-refractivity contribution in [1.82, 2.24) is 15.2 Å². The number of hydrogen-bond donors (Lipinski definition) is 2. The largest absolute Gasteiger partial charge is 0.352 e. The number of carbonyl (C=O) groups is 1. The molecule has 1 fully saturated rings. The van der Waals surface area contributed by atoms with E-state index in [1.54, 1.807) is 17.5 Å². The van der Waals surface area contributed by atoms with Crippen LogP contribution < -0.4 is 10.6 Å². The molecule has 4 aromatic rings. The number of benzene rings is 2. The molecule has 1 amide bonds. The third kappa shape index (κ3) is 4.64. The van der Waals surface area contributed by atoms with E-state index >= 15 is 0 Å². The van der Waals surface area contributed by atoms with Gasteiger partial charge < -0.3 is 15.5 Å². The van der Waals surface area contributed by atoms with Crippen LogP contribution in [0.2, 0.25) is 0 Å². The number of thiophene rings is 1. The minimum Gasteiger partial charge on any atom is -0.352 e. The second kappa shape index (κ2) is 9.59. The maximum Gasteiger partial charge on any atom is 0.226 e. The molecule has 0 unspecified atom stereocenters. The first kappa shape index (κ1) is 22.0. The van der Waals surface area contributed by atoms with E-state index in [1.807, 2.05) is 66.7 Å². The first-order chi connectivity index (χ1) is 16.1. The zero-order valence-corrected chi connectivity index (χ0v) is 20.8. The lowest BCUT2D eigenvalue weighted by Crippen LogP contribution is -2.32. The van der Waals surface area contributed by atoms with E-state index in [9.17, 15) is 4.79 Å². The molecule has 1 aliphatic rings. The van der Waals surface area contributed by atoms with Gasteiger partial charge in [-0.15, -0.1) is 11.3 Å². The molecule has 0 aliphatic carbocycles. The van der Waals surface area contributed by atoms with Crippen molar-refractivity contribution in [1.29, 1.82) is 0 Å². The summed E-state index contributed by atoms with van der Waals surface area (Å²) in [5.74, 6) is -0.0402. The quantitative estimate of drug-likeness (QED) is 0.293. The molecule has 8 heteroatoms. The summed E-state index contributed by atoms with van der Waals surface area (Å²) in [5, 5.41) is 9.28. The summed E-state index contributed by atoms with van der Waals surface area (Å²) in [6, 6.07) is 23.9. The van der Waals surface area contributed by atoms with Gasteiger partial charge >= 0.3 is 0 Å². The second-order valence-corrected chi connectivity index (χ2v) is 10.7. The Morgan fingerprint density at radius 2 is 1.91 bits per heavy atom. The molecule has 3 heterocycles. The fourth-order valence-electron chi connectivity index (χ4n) is 4.21. The van der Waals surface area contributed by atoms with Crippen LogP contribution in [0.25, 0.3) is 10.8 Å². The van der Waals surface area contributed by atoms with Crippen LogP contribution in [0.15, 0.2) is 82.8 Å². The Morgan fingerprint density at radius 3 is 2.70 bits per heavy atom. The normalized spacial score (nSPS) is 17.8. The van der Waals surface area contributed by atoms with Gasteiger partial charge in [0.15, 0.2) is 5.11 Å². The Labute approximate surface area is 210 Å². The van der Waals surface area contributed by atoms with Crippen LogP contribution in [0.1, 0.15) is 29.1 Å². The highest BCUT2D eigenvalue weighted by molar-refractivity contribution is 9.11. The third-order valence-corrected chi connectivity index (χ3v) is 7.77. The van der Waals surface area contributed by atoms with E-state index in [1.165, 1.54) is 4.88 Å². The van der Waals surface area contributed by atoms with Gasteiger partial charge in [0.25, 0.3) is 0 Å². The van der Waals surface area contributed by atoms with Gasteiger partial charge in [-0.3, -0.25) is 9.78 Å². The molecular weight excluding hydrogens is 516 g/mol. The van der Waals surface area contributed by atoms with Crippen LogP contribution in [0.3, 0.4) is 0 Å². The first-order valence-corrected chi connectivity index (χ1v) is 12.6. The lowest BCUT2D eigenvalue weighted by Gasteiger charge is -2.26. The van der Waals surface area contributed by atoms with Crippen molar-refractivity contribution < 1.29 is 4.79 Å². The second-order valence-electron chi connectivity index (χ2n) is 7.79. The number of rotatable bonds is 6. The maximum atomic E-state index is 12.9. The van der Waals surface area contributed by atoms with Crippen LogP contribution in [-0.4, -0.2) is 27.4 Å². The van der Waals surface area contributed by atoms with Crippen molar-refractivity contribution >= 4 is 67.0 Å². The van der Waals surface area contributed by atoms with Gasteiger partial charge in [-0.25, -0.2) is 0 Å². The van der Waals surface area contributed by atoms with Crippen molar-refractivity contribution in [3.05, 3.63) is 93.4 Å². The molecule has 2 aromatic carbocycles. The number of anilines is 1. The lowest BCUT2D eigenvalue weighted by atomic mass is 10.0. The predicted octanol–water partition coefficient (Wildman–Crippen LogP) is 6.06. The fourth-order valence-corrected chi connectivity index (χ4v) is 6.12. The zero-order valence-electron chi connectivity index (χ0n) is 17.6. The maximum absolute atomic E-state index is 12.9. The van der Waals surface area contributed by atoms with Crippen molar-refractivity contribution in [3.63, 3.8) is 0 Å². The van der Waals surface area contributed by atoms with E-state index in [0.29, 0.717) is 18.1 Å². The van der Waals surface area contributed by atoms with Gasteiger partial charge in [0.05, 0.1) is 21.6 Å². The van der Waals surface area contributed by atoms with Crippen LogP contribution in [0.4, 0.5) is 5.69 Å². The average Bonchev–Trinajstić information content (AvgIpc) is 3.41. The van der Waals surface area contributed by atoms with E-state index in [4.69, 9.17) is 12.2 Å². The van der Waals surface area contributed by atoms with Crippen molar-refractivity contribution in [2.75, 3.05) is 11.9 Å². The van der Waals surface area contributed by atoms with Crippen molar-refractivity contribution in [2.24, 2.45) is 0 Å². The Balaban J connectivity index is 1.35. The Morgan fingerprint density at radius 1 is 1.09 bits per heavy atom. The number of carbonyl (C=O) groups excluding carboxylic acids is 1. The van der Waals surface area contributed by atoms with E-state index in [0.717, 1.165) is 25.9 Å². The molecule has 33 heavy (non-hydrogen) atoms. The van der Waals surface area contributed by atoms with Gasteiger partial charge in [-0.1, -0.05) is 42.5 Å². The molecule has 1 saturated heterocycles. The SMILES string of the molecule is O=C(CCN1C(=S)N[C@@H](c2ccccn2)[C@H]1c1ccc(Br)s1)Nc1cccc2ccccc12. The molecule has 5 rings (SSSR count). The Bertz CT molecular complexity index is 1300. The number of fused-ring (bicyclic) bond motifs is 1. The molecule has 0 spiro atoms. The van der Waals surface area contributed by atoms with Gasteiger partial charge in [-0.2, -0.15) is 0 Å². The van der Waals surface area contributed by atoms with Crippen molar-refractivity contribution in [3.8, 4) is 0 Å². The van der Waals surface area contributed by atoms with Gasteiger partial charge in [0.2, 0.25) is 5.91 Å². The van der Waals surface area contributed by atoms with E-state index < -0.39 is 0 Å². The zero-order chi connectivity index (χ0) is 22.8. The summed E-state index contributed by atoms with van der Waals surface area (Å²) in [6.07, 6.45) is 2.12. The molecule has 2 N–H and O–H groups in total. The highest BCUT2D eigenvalue weighted by Crippen LogP contribution is 2.42. The molecule has 5 nitrogen and oxygen atoms in total. The van der Waals surface area contributed by atoms with Gasteiger partial charge in [-0.05, 0) is 63.9 Å². The molecular formula is C25H21BrN4OS2. The number of aromatic nitrogens is 1. The minimum atomic E-state index is -0.0784. The molecule has 1 aliphatic heterocycles. The number of thiocarbonyl (C=S) groups is 1. The highest BCUT2D eigenvalue weighted by atomic mass is 79.9. The number of pyridine rings is 1. The third-order valence-electron chi connectivity index (χ3n) is 5.73. The number of hydrogen-bond acceptors (Lipinski definition) is 4. The minimum absolute atomic E-state index is 0.0333. The molecule has 2 atom stereocenters. The Kier molecular flexibility index (Phi) is 6.39. The smallest absolute Gasteiger partial charge is 0.226 e. The summed E-state index contributed by atoms with van der Waals surface area (Å²) in [6.45, 7) is 0.506. The number of nitrogens with one attached hydrogen (secondary N) is 2. The van der Waals surface area contributed by atoms with Crippen LogP contribution in [0, 0.1) is 0 Å². The summed E-state index contributed by atoms with van der Waals surface area (Å²) in [4.78, 5) is 20.7. The summed E-state index contributed by atoms with van der Waals surface area (Å²) >= 11 is 10.9. The van der Waals surface area contributed by atoms with Crippen LogP contribution >= 0.6 is 39.5 Å². The predicted molar refractivity (Wildman–Crippen MR) is 141 cm³/mol. The molecule has 166 valence electrons. The summed E-state index contributed by atoms with van der Waals surface area (Å²) in [7, 11) is 0. The Hall–Kier alpha value is -2.81. The summed E-state index contributed by atoms with van der Waals surface area (Å²) < 4.78 is 1.06. The molecule has 0 bridgehead atoms. The van der Waals surface area contributed by atoms with Crippen molar-refractivity contribution in [2.45, 2.75) is 18.5 Å². The standard InChI is InChI=1S/C25H21BrN4OS2/c26-21-12-11-20(33-21)24-23(19-9-3-4-14-27-19)29-25(32)30(24)15-13-22(31)28-18-10-5-7-16-6-1-2-8-17(16)18/h1-12,14,23-24H,13,15H2,(H,28,31)(H,29,32)/t23-,24+/m0/s1. The average molecular weight is 538 g/mol. The first-order valence-electron chi connectivity index (χ1n) is 10.6. The van der Waals surface area contributed by atoms with E-state index in [2.05, 4.69) is 42.5 Å². The fraction of sp³-hybridized carbons (Fsp3) is 0.160. The lowest BCUT2D eigenvalue weighted by molar-refractivity contribution is -0.116. The van der Waals surface area contributed by atoms with Gasteiger partial charge in [0.1, 0.15) is 0 Å². The molecule has 2 aromatic heterocycles. The topological polar surface area (TPSA) is 57.3 Å². The molecule has 0 saturated carbocycles. The number of nitrogens with zero attached hydrogens (tertiary/aromatic N) is 2. The molecule has 0 radical (unpaired) electrons. The van der Waals surface area contributed by atoms with Crippen LogP contribution in [-0.2, 0) is 4.79 Å². The van der Waals surface area contributed by atoms with Gasteiger partial charge in [0, 0.05) is 35.1 Å². The van der Waals surface area contributed by atoms with Crippen LogP contribution in [0.5, 0.6) is 0 Å². The monoisotopic (exact) mass is 536 g/mol. The summed E-state index contributed by atoms with van der Waals surface area (Å²) in [5.41, 5.74) is 1.75. The van der Waals surface area contributed by atoms with E-state index in [-0.39, 0.29) is 18.0 Å². The number of halogens is 1. The number of amides is 1. The highest BCUT2D eigenvalue weighted by Gasteiger charge is 2.40.